The number of fused-ring (bicyclic) bond motifs is 8. The van der Waals surface area contributed by atoms with Gasteiger partial charge in [0.05, 0.1) is 0 Å². The van der Waals surface area contributed by atoms with Crippen molar-refractivity contribution in [3.8, 4) is 56.4 Å². The van der Waals surface area contributed by atoms with Crippen molar-refractivity contribution in [2.75, 3.05) is 10.2 Å². The summed E-state index contributed by atoms with van der Waals surface area (Å²) >= 11 is 0. The second-order valence-electron chi connectivity index (χ2n) is 21.0. The van der Waals surface area contributed by atoms with Crippen LogP contribution in [0.5, 0.6) is 23.0 Å². The first-order valence-electron chi connectivity index (χ1n) is 23.7. The van der Waals surface area contributed by atoms with Gasteiger partial charge in [0.2, 0.25) is 0 Å². The van der Waals surface area contributed by atoms with E-state index in [0.29, 0.717) is 0 Å². The Labute approximate surface area is 390 Å². The van der Waals surface area contributed by atoms with Crippen LogP contribution in [0.15, 0.2) is 152 Å². The van der Waals surface area contributed by atoms with Gasteiger partial charge in [-0.1, -0.05) is 138 Å². The van der Waals surface area contributed by atoms with Gasteiger partial charge in [-0.2, -0.15) is 0 Å². The predicted octanol–water partition coefficient (Wildman–Crippen LogP) is 15.1. The fourth-order valence-electron chi connectivity index (χ4n) is 11.5. The molecule has 0 fully saturated rings. The van der Waals surface area contributed by atoms with Gasteiger partial charge in [-0.15, -0.1) is 0 Å². The van der Waals surface area contributed by atoms with E-state index in [2.05, 4.69) is 193 Å². The maximum Gasteiger partial charge on any atom is 0.198 e. The van der Waals surface area contributed by atoms with E-state index in [1.54, 1.807) is 0 Å². The van der Waals surface area contributed by atoms with Crippen LogP contribution in [0, 0.1) is 13.8 Å². The molecule has 1 N–H and O–H groups in total. The molecule has 2 aliphatic carbocycles. The third-order valence-electron chi connectivity index (χ3n) is 15.3. The standard InChI is InChI=1S/C61H55BN2O2/c1-36-28-44(43-31-42-41-18-12-13-19-45(41)61(7,8)46(42)32-50(43)63-40-24-22-39(23-25-40)38-16-10-9-11-17-38)58-53(29-36)64(51-33-48-47(30-37(51)2)59(3,4)26-27-60(48,5)6)52-35-57-56(34-49(52)62-58)65-54-20-14-15-21-55(54)66-57/h9-25,28-35,62-63H,26-27H2,1-8H3. The van der Waals surface area contributed by atoms with E-state index >= 15 is 0 Å². The lowest BCUT2D eigenvalue weighted by Crippen LogP contribution is -2.41. The number of hydrogen-bond donors (Lipinski definition) is 1. The van der Waals surface area contributed by atoms with Crippen LogP contribution in [0.4, 0.5) is 28.4 Å². The molecule has 0 spiro atoms. The quantitative estimate of drug-likeness (QED) is 0.175. The van der Waals surface area contributed by atoms with Crippen molar-refractivity contribution in [2.45, 2.75) is 84.5 Å². The summed E-state index contributed by atoms with van der Waals surface area (Å²) < 4.78 is 13.3. The largest absolute Gasteiger partial charge is 0.450 e. The van der Waals surface area contributed by atoms with Crippen molar-refractivity contribution in [1.82, 2.24) is 0 Å². The Morgan fingerprint density at radius 2 is 1.12 bits per heavy atom. The Kier molecular flexibility index (Phi) is 8.91. The molecule has 0 saturated heterocycles. The summed E-state index contributed by atoms with van der Waals surface area (Å²) in [7, 11) is 0.724. The van der Waals surface area contributed by atoms with Gasteiger partial charge in [0.25, 0.3) is 0 Å². The third-order valence-corrected chi connectivity index (χ3v) is 15.3. The molecule has 0 atom stereocenters. The molecule has 4 nitrogen and oxygen atoms in total. The summed E-state index contributed by atoms with van der Waals surface area (Å²) in [6.45, 7) is 19.0. The van der Waals surface area contributed by atoms with Crippen molar-refractivity contribution in [2.24, 2.45) is 0 Å². The summed E-state index contributed by atoms with van der Waals surface area (Å²) in [5, 5.41) is 3.99. The zero-order valence-electron chi connectivity index (χ0n) is 39.3. The molecule has 0 saturated carbocycles. The Balaban J connectivity index is 1.09. The second-order valence-corrected chi connectivity index (χ2v) is 21.0. The minimum atomic E-state index is -0.161. The number of rotatable bonds is 5. The number of hydrogen-bond acceptors (Lipinski definition) is 4. The molecule has 66 heavy (non-hydrogen) atoms. The van der Waals surface area contributed by atoms with Crippen LogP contribution in [0.25, 0.3) is 33.4 Å². The highest BCUT2D eigenvalue weighted by Crippen LogP contribution is 2.54. The summed E-state index contributed by atoms with van der Waals surface area (Å²) in [5.74, 6) is 2.94. The van der Waals surface area contributed by atoms with Crippen LogP contribution in [-0.4, -0.2) is 7.28 Å². The smallest absolute Gasteiger partial charge is 0.198 e. The fraction of sp³-hybridized carbons (Fsp3) is 0.213. The highest BCUT2D eigenvalue weighted by molar-refractivity contribution is 6.73. The van der Waals surface area contributed by atoms with Gasteiger partial charge in [0.1, 0.15) is 0 Å². The highest BCUT2D eigenvalue weighted by Gasteiger charge is 2.40. The lowest BCUT2D eigenvalue weighted by Gasteiger charge is -2.44. The number of para-hydroxylation sites is 2. The molecule has 8 aromatic rings. The first-order valence-corrected chi connectivity index (χ1v) is 23.7. The Bertz CT molecular complexity index is 3310. The number of benzene rings is 8. The zero-order chi connectivity index (χ0) is 45.3. The van der Waals surface area contributed by atoms with Crippen LogP contribution in [-0.2, 0) is 16.2 Å². The molecular formula is C61H55BN2O2. The van der Waals surface area contributed by atoms with E-state index in [9.17, 15) is 0 Å². The minimum absolute atomic E-state index is 0.0391. The second kappa shape index (κ2) is 14.5. The lowest BCUT2D eigenvalue weighted by atomic mass is 9.57. The predicted molar refractivity (Wildman–Crippen MR) is 277 cm³/mol. The molecule has 324 valence electrons. The van der Waals surface area contributed by atoms with E-state index in [1.165, 1.54) is 95.5 Å². The molecule has 2 aliphatic heterocycles. The van der Waals surface area contributed by atoms with Gasteiger partial charge in [-0.05, 0) is 159 Å². The van der Waals surface area contributed by atoms with Crippen molar-refractivity contribution >= 4 is 46.6 Å². The number of nitrogens with one attached hydrogen (secondary N) is 1. The number of nitrogens with zero attached hydrogens (tertiary/aromatic N) is 1. The van der Waals surface area contributed by atoms with Crippen molar-refractivity contribution < 1.29 is 9.47 Å². The van der Waals surface area contributed by atoms with Crippen LogP contribution in [0.3, 0.4) is 0 Å². The maximum atomic E-state index is 6.65. The SMILES string of the molecule is Cc1cc(-c2cc3c(cc2Nc2ccc(-c4ccccc4)cc2)C(C)(C)c2ccccc2-3)c2c(c1)N(c1cc3c(cc1C)C(C)(C)CCC3(C)C)c1cc3c(cc1B2)Oc1ccccc1O3. The molecule has 0 amide bonds. The van der Waals surface area contributed by atoms with Crippen molar-refractivity contribution in [3.05, 3.63) is 185 Å². The summed E-state index contributed by atoms with van der Waals surface area (Å²) in [6.07, 6.45) is 2.32. The van der Waals surface area contributed by atoms with E-state index in [4.69, 9.17) is 9.47 Å². The summed E-state index contributed by atoms with van der Waals surface area (Å²) in [5.41, 5.74) is 23.7. The Hall–Kier alpha value is -6.98. The zero-order valence-corrected chi connectivity index (χ0v) is 39.3. The van der Waals surface area contributed by atoms with Crippen LogP contribution in [0.2, 0.25) is 0 Å². The normalized spacial score (nSPS) is 16.2. The molecule has 2 heterocycles. The Morgan fingerprint density at radius 1 is 0.485 bits per heavy atom. The van der Waals surface area contributed by atoms with Gasteiger partial charge >= 0.3 is 0 Å². The first kappa shape index (κ1) is 40.5. The molecule has 0 aromatic heterocycles. The molecule has 4 aliphatic rings. The summed E-state index contributed by atoms with van der Waals surface area (Å²) in [4.78, 5) is 2.54. The van der Waals surface area contributed by atoms with Crippen molar-refractivity contribution in [1.29, 1.82) is 0 Å². The number of anilines is 5. The fourth-order valence-corrected chi connectivity index (χ4v) is 11.5. The average Bonchev–Trinajstić information content (AvgIpc) is 3.53. The van der Waals surface area contributed by atoms with Crippen LogP contribution >= 0.6 is 0 Å². The molecule has 0 radical (unpaired) electrons. The first-order chi connectivity index (χ1) is 31.7. The molecular weight excluding hydrogens is 803 g/mol. The van der Waals surface area contributed by atoms with Crippen molar-refractivity contribution in [3.63, 3.8) is 0 Å². The van der Waals surface area contributed by atoms with E-state index < -0.39 is 0 Å². The maximum absolute atomic E-state index is 6.65. The number of ether oxygens (including phenoxy) is 2. The van der Waals surface area contributed by atoms with E-state index in [1.807, 2.05) is 24.3 Å². The number of aryl methyl sites for hydroxylation is 2. The van der Waals surface area contributed by atoms with Gasteiger partial charge in [0, 0.05) is 45.5 Å². The highest BCUT2D eigenvalue weighted by atomic mass is 16.6. The molecule has 0 unspecified atom stereocenters. The summed E-state index contributed by atoms with van der Waals surface area (Å²) in [6, 6.07) is 55.7. The van der Waals surface area contributed by atoms with E-state index in [-0.39, 0.29) is 16.2 Å². The molecule has 5 heteroatoms. The third kappa shape index (κ3) is 6.34. The topological polar surface area (TPSA) is 33.7 Å². The minimum Gasteiger partial charge on any atom is -0.450 e. The van der Waals surface area contributed by atoms with Gasteiger partial charge in [-0.25, -0.2) is 0 Å². The Morgan fingerprint density at radius 3 is 1.85 bits per heavy atom. The van der Waals surface area contributed by atoms with Gasteiger partial charge in [0.15, 0.2) is 30.3 Å². The average molecular weight is 859 g/mol. The van der Waals surface area contributed by atoms with Crippen LogP contribution < -0.4 is 30.6 Å². The molecule has 0 bridgehead atoms. The van der Waals surface area contributed by atoms with Gasteiger partial charge in [-0.3, -0.25) is 0 Å². The van der Waals surface area contributed by atoms with E-state index in [0.717, 1.165) is 53.8 Å². The monoisotopic (exact) mass is 858 g/mol. The van der Waals surface area contributed by atoms with Crippen LogP contribution in [0.1, 0.15) is 87.8 Å². The van der Waals surface area contributed by atoms with Gasteiger partial charge < -0.3 is 19.7 Å². The molecule has 8 aromatic carbocycles. The lowest BCUT2D eigenvalue weighted by molar-refractivity contribution is 0.332. The molecule has 12 rings (SSSR count).